The molecular formula is C28H43Cl2N3O. The van der Waals surface area contributed by atoms with Crippen LogP contribution in [0.2, 0.25) is 10.0 Å². The Kier molecular flexibility index (Phi) is 15.1. The topological polar surface area (TPSA) is 57.8 Å². The fraction of sp³-hybridized carbons (Fsp3) is 0.643. The number of amides is 1. The van der Waals surface area contributed by atoms with Crippen LogP contribution in [0.3, 0.4) is 0 Å². The maximum Gasteiger partial charge on any atom is 0.269 e. The van der Waals surface area contributed by atoms with Gasteiger partial charge in [0.2, 0.25) is 0 Å². The smallest absolute Gasteiger partial charge is 0.269 e. The van der Waals surface area contributed by atoms with E-state index in [4.69, 9.17) is 23.2 Å². The molecule has 4 nitrogen and oxygen atoms in total. The summed E-state index contributed by atoms with van der Waals surface area (Å²) in [7, 11) is 0. The van der Waals surface area contributed by atoms with E-state index in [0.29, 0.717) is 28.0 Å². The molecule has 0 saturated carbocycles. The van der Waals surface area contributed by atoms with Gasteiger partial charge < -0.3 is 5.32 Å². The molecule has 1 aromatic carbocycles. The number of H-pyrrole nitrogens is 1. The first-order chi connectivity index (χ1) is 16.6. The summed E-state index contributed by atoms with van der Waals surface area (Å²) in [5.74, 6) is -0.134. The zero-order chi connectivity index (χ0) is 24.4. The van der Waals surface area contributed by atoms with Gasteiger partial charge in [-0.2, -0.15) is 5.10 Å². The number of rotatable bonds is 19. The van der Waals surface area contributed by atoms with Gasteiger partial charge in [-0.05, 0) is 30.7 Å². The number of carbonyl (C=O) groups is 1. The van der Waals surface area contributed by atoms with Crippen molar-refractivity contribution in [1.82, 2.24) is 15.5 Å². The molecule has 2 rings (SSSR count). The largest absolute Gasteiger partial charge is 0.351 e. The molecule has 0 aliphatic rings. The zero-order valence-corrected chi connectivity index (χ0v) is 22.5. The van der Waals surface area contributed by atoms with Crippen molar-refractivity contribution in [2.75, 3.05) is 6.54 Å². The highest BCUT2D eigenvalue weighted by molar-refractivity contribution is 6.36. The number of hydrogen-bond donors (Lipinski definition) is 2. The highest BCUT2D eigenvalue weighted by atomic mass is 35.5. The molecule has 1 heterocycles. The molecule has 6 heteroatoms. The summed E-state index contributed by atoms with van der Waals surface area (Å²) in [5, 5.41) is 11.1. The molecule has 190 valence electrons. The summed E-state index contributed by atoms with van der Waals surface area (Å²) in [6.45, 7) is 2.97. The summed E-state index contributed by atoms with van der Waals surface area (Å²) in [4.78, 5) is 12.4. The molecule has 1 amide bonds. The molecule has 0 fully saturated rings. The van der Waals surface area contributed by atoms with Crippen LogP contribution in [-0.4, -0.2) is 22.6 Å². The molecule has 0 atom stereocenters. The highest BCUT2D eigenvalue weighted by Gasteiger charge is 2.12. The van der Waals surface area contributed by atoms with E-state index in [1.54, 1.807) is 24.3 Å². The highest BCUT2D eigenvalue weighted by Crippen LogP contribution is 2.29. The predicted molar refractivity (Wildman–Crippen MR) is 146 cm³/mol. The number of unbranched alkanes of at least 4 members (excludes halogenated alkanes) is 15. The van der Waals surface area contributed by atoms with Crippen molar-refractivity contribution in [3.63, 3.8) is 0 Å². The van der Waals surface area contributed by atoms with E-state index in [1.165, 1.54) is 89.9 Å². The van der Waals surface area contributed by atoms with Gasteiger partial charge in [-0.15, -0.1) is 0 Å². The van der Waals surface area contributed by atoms with E-state index in [0.717, 1.165) is 18.4 Å². The Labute approximate surface area is 216 Å². The van der Waals surface area contributed by atoms with Crippen molar-refractivity contribution < 1.29 is 4.79 Å². The summed E-state index contributed by atoms with van der Waals surface area (Å²) in [5.41, 5.74) is 1.82. The van der Waals surface area contributed by atoms with Crippen molar-refractivity contribution in [3.05, 3.63) is 40.0 Å². The van der Waals surface area contributed by atoms with E-state index in [1.807, 2.05) is 0 Å². The number of aromatic nitrogens is 2. The van der Waals surface area contributed by atoms with E-state index in [9.17, 15) is 4.79 Å². The number of carbonyl (C=O) groups excluding carboxylic acids is 1. The predicted octanol–water partition coefficient (Wildman–Crippen LogP) is 9.37. The van der Waals surface area contributed by atoms with E-state index in [-0.39, 0.29) is 5.91 Å². The monoisotopic (exact) mass is 507 g/mol. The molecule has 0 unspecified atom stereocenters. The molecule has 0 spiro atoms. The van der Waals surface area contributed by atoms with Gasteiger partial charge in [-0.1, -0.05) is 126 Å². The average Bonchev–Trinajstić information content (AvgIpc) is 3.31. The van der Waals surface area contributed by atoms with Crippen LogP contribution in [0.1, 0.15) is 120 Å². The molecular weight excluding hydrogens is 465 g/mol. The third-order valence-electron chi connectivity index (χ3n) is 6.35. The van der Waals surface area contributed by atoms with Gasteiger partial charge in [0, 0.05) is 17.1 Å². The maximum atomic E-state index is 12.4. The van der Waals surface area contributed by atoms with Crippen LogP contribution in [0, 0.1) is 0 Å². The zero-order valence-electron chi connectivity index (χ0n) is 20.9. The number of halogens is 2. The van der Waals surface area contributed by atoms with Crippen LogP contribution >= 0.6 is 23.2 Å². The lowest BCUT2D eigenvalue weighted by atomic mass is 10.0. The van der Waals surface area contributed by atoms with Gasteiger partial charge in [-0.25, -0.2) is 0 Å². The Hall–Kier alpha value is -1.52. The van der Waals surface area contributed by atoms with Gasteiger partial charge >= 0.3 is 0 Å². The average molecular weight is 509 g/mol. The lowest BCUT2D eigenvalue weighted by molar-refractivity contribution is 0.0948. The number of hydrogen-bond acceptors (Lipinski definition) is 2. The van der Waals surface area contributed by atoms with E-state index in [2.05, 4.69) is 22.4 Å². The van der Waals surface area contributed by atoms with Crippen LogP contribution in [0.15, 0.2) is 24.3 Å². The summed E-state index contributed by atoms with van der Waals surface area (Å²) >= 11 is 12.2. The molecule has 0 saturated heterocycles. The normalized spacial score (nSPS) is 11.1. The molecule has 0 aliphatic heterocycles. The van der Waals surface area contributed by atoms with Gasteiger partial charge in [-0.3, -0.25) is 9.89 Å². The molecule has 2 N–H and O–H groups in total. The van der Waals surface area contributed by atoms with E-state index < -0.39 is 0 Å². The van der Waals surface area contributed by atoms with Gasteiger partial charge in [0.15, 0.2) is 0 Å². The SMILES string of the molecule is CCCCCCCCCCCCCCCCCCNC(=O)c1cc(-c2ccc(Cl)cc2Cl)n[nH]1. The first-order valence-corrected chi connectivity index (χ1v) is 14.2. The maximum absolute atomic E-state index is 12.4. The summed E-state index contributed by atoms with van der Waals surface area (Å²) < 4.78 is 0. The fourth-order valence-corrected chi connectivity index (χ4v) is 4.75. The number of benzene rings is 1. The minimum absolute atomic E-state index is 0.134. The number of nitrogens with zero attached hydrogens (tertiary/aromatic N) is 1. The first-order valence-electron chi connectivity index (χ1n) is 13.4. The Bertz CT molecular complexity index is 822. The third kappa shape index (κ3) is 11.8. The van der Waals surface area contributed by atoms with Crippen molar-refractivity contribution in [1.29, 1.82) is 0 Å². The van der Waals surface area contributed by atoms with Crippen LogP contribution in [0.25, 0.3) is 11.3 Å². The van der Waals surface area contributed by atoms with Crippen LogP contribution in [0.4, 0.5) is 0 Å². The Morgan fingerprint density at radius 2 is 1.32 bits per heavy atom. The minimum atomic E-state index is -0.134. The molecule has 1 aromatic heterocycles. The Morgan fingerprint density at radius 3 is 1.85 bits per heavy atom. The number of nitrogens with one attached hydrogen (secondary N) is 2. The van der Waals surface area contributed by atoms with Gasteiger partial charge in [0.25, 0.3) is 5.91 Å². The van der Waals surface area contributed by atoms with Crippen molar-refractivity contribution in [2.45, 2.75) is 110 Å². The first kappa shape index (κ1) is 28.7. The van der Waals surface area contributed by atoms with Crippen molar-refractivity contribution >= 4 is 29.1 Å². The van der Waals surface area contributed by atoms with Gasteiger partial charge in [0.1, 0.15) is 5.69 Å². The lowest BCUT2D eigenvalue weighted by Gasteiger charge is -2.05. The second-order valence-electron chi connectivity index (χ2n) is 9.35. The fourth-order valence-electron chi connectivity index (χ4n) is 4.24. The molecule has 34 heavy (non-hydrogen) atoms. The second kappa shape index (κ2) is 17.8. The molecule has 0 aliphatic carbocycles. The quantitative estimate of drug-likeness (QED) is 0.186. The molecule has 2 aromatic rings. The number of aromatic amines is 1. The minimum Gasteiger partial charge on any atom is -0.351 e. The van der Waals surface area contributed by atoms with Crippen LogP contribution in [-0.2, 0) is 0 Å². The van der Waals surface area contributed by atoms with Crippen LogP contribution in [0.5, 0.6) is 0 Å². The van der Waals surface area contributed by atoms with E-state index >= 15 is 0 Å². The standard InChI is InChI=1S/C28H43Cl2N3O/c1-2-3-4-5-6-7-8-9-10-11-12-13-14-15-16-17-20-31-28(34)27-22-26(32-33-27)24-19-18-23(29)21-25(24)30/h18-19,21-22H,2-17,20H2,1H3,(H,31,34)(H,32,33). The molecule has 0 bridgehead atoms. The van der Waals surface area contributed by atoms with Crippen LogP contribution < -0.4 is 5.32 Å². The Balaban J connectivity index is 1.43. The third-order valence-corrected chi connectivity index (χ3v) is 6.89. The summed E-state index contributed by atoms with van der Waals surface area (Å²) in [6, 6.07) is 6.95. The summed E-state index contributed by atoms with van der Waals surface area (Å²) in [6.07, 6.45) is 21.5. The van der Waals surface area contributed by atoms with Crippen molar-refractivity contribution in [2.24, 2.45) is 0 Å². The van der Waals surface area contributed by atoms with Gasteiger partial charge in [0.05, 0.1) is 10.7 Å². The Morgan fingerprint density at radius 1 is 0.794 bits per heavy atom. The van der Waals surface area contributed by atoms with Crippen molar-refractivity contribution in [3.8, 4) is 11.3 Å². The molecule has 0 radical (unpaired) electrons. The lowest BCUT2D eigenvalue weighted by Crippen LogP contribution is -2.24. The second-order valence-corrected chi connectivity index (χ2v) is 10.2.